The van der Waals surface area contributed by atoms with E-state index in [-0.39, 0.29) is 0 Å². The SMILES string of the molecule is CCO[PH](=O)ONCCN. The average Bonchev–Trinajstić information content (AvgIpc) is 1.89. The van der Waals surface area contributed by atoms with Crippen molar-refractivity contribution in [2.24, 2.45) is 5.73 Å². The van der Waals surface area contributed by atoms with Crippen LogP contribution in [-0.4, -0.2) is 19.7 Å². The van der Waals surface area contributed by atoms with Crippen molar-refractivity contribution < 1.29 is 13.7 Å². The normalized spacial score (nSPS) is 13.4. The zero-order chi connectivity index (χ0) is 7.82. The summed E-state index contributed by atoms with van der Waals surface area (Å²) >= 11 is 0. The van der Waals surface area contributed by atoms with Crippen molar-refractivity contribution in [3.8, 4) is 0 Å². The second-order valence-electron chi connectivity index (χ2n) is 1.47. The topological polar surface area (TPSA) is 73.6 Å². The molecule has 0 heterocycles. The molecular formula is C4H13N2O3P. The van der Waals surface area contributed by atoms with Crippen LogP contribution in [0.5, 0.6) is 0 Å². The molecule has 0 aromatic heterocycles. The number of hydroxylamine groups is 1. The highest BCUT2D eigenvalue weighted by Gasteiger charge is 1.94. The lowest BCUT2D eigenvalue weighted by atomic mass is 10.7. The van der Waals surface area contributed by atoms with Crippen molar-refractivity contribution >= 4 is 8.25 Å². The summed E-state index contributed by atoms with van der Waals surface area (Å²) in [7, 11) is -2.33. The first kappa shape index (κ1) is 10.1. The molecule has 0 aromatic carbocycles. The van der Waals surface area contributed by atoms with Crippen molar-refractivity contribution in [2.75, 3.05) is 19.7 Å². The summed E-state index contributed by atoms with van der Waals surface area (Å²) < 4.78 is 19.7. The van der Waals surface area contributed by atoms with E-state index in [1.807, 2.05) is 0 Å². The third-order valence-corrected chi connectivity index (χ3v) is 1.50. The van der Waals surface area contributed by atoms with E-state index >= 15 is 0 Å². The Bertz CT molecular complexity index is 101. The largest absolute Gasteiger partial charge is 0.335 e. The molecule has 0 aromatic rings. The molecule has 6 heteroatoms. The molecule has 3 N–H and O–H groups in total. The number of rotatable bonds is 6. The van der Waals surface area contributed by atoms with Gasteiger partial charge in [0.15, 0.2) is 0 Å². The van der Waals surface area contributed by atoms with E-state index in [2.05, 4.69) is 14.6 Å². The van der Waals surface area contributed by atoms with Crippen LogP contribution in [0.1, 0.15) is 6.92 Å². The summed E-state index contributed by atoms with van der Waals surface area (Å²) in [6.07, 6.45) is 0. The second-order valence-corrected chi connectivity index (χ2v) is 2.46. The standard InChI is InChI=1S/C4H13N2O3P/c1-2-8-10(7)9-6-4-3-5/h6,10H,2-5H2,1H3. The van der Waals surface area contributed by atoms with Crippen molar-refractivity contribution in [1.82, 2.24) is 5.48 Å². The first-order chi connectivity index (χ1) is 4.81. The van der Waals surface area contributed by atoms with Gasteiger partial charge in [0.05, 0.1) is 6.61 Å². The predicted octanol–water partition coefficient (Wildman–Crippen LogP) is -0.108. The van der Waals surface area contributed by atoms with Crippen LogP contribution in [0, 0.1) is 0 Å². The van der Waals surface area contributed by atoms with Crippen molar-refractivity contribution in [3.05, 3.63) is 0 Å². The number of nitrogens with two attached hydrogens (primary N) is 1. The van der Waals surface area contributed by atoms with Crippen LogP contribution in [0.25, 0.3) is 0 Å². The summed E-state index contributed by atoms with van der Waals surface area (Å²) in [5, 5.41) is 0. The third kappa shape index (κ3) is 6.19. The van der Waals surface area contributed by atoms with Gasteiger partial charge in [0.25, 0.3) is 0 Å². The number of nitrogens with one attached hydrogen (secondary N) is 1. The minimum atomic E-state index is -2.33. The van der Waals surface area contributed by atoms with Crippen LogP contribution in [0.15, 0.2) is 0 Å². The lowest BCUT2D eigenvalue weighted by Gasteiger charge is -2.02. The van der Waals surface area contributed by atoms with Gasteiger partial charge in [-0.15, -0.1) is 0 Å². The third-order valence-electron chi connectivity index (χ3n) is 0.664. The summed E-state index contributed by atoms with van der Waals surface area (Å²) in [6, 6.07) is 0. The Labute approximate surface area is 60.8 Å². The summed E-state index contributed by atoms with van der Waals surface area (Å²) in [5.74, 6) is 0. The molecule has 0 saturated heterocycles. The van der Waals surface area contributed by atoms with E-state index in [9.17, 15) is 4.57 Å². The van der Waals surface area contributed by atoms with Crippen molar-refractivity contribution in [3.63, 3.8) is 0 Å². The lowest BCUT2D eigenvalue weighted by molar-refractivity contribution is 0.162. The molecule has 0 spiro atoms. The molecule has 0 fully saturated rings. The molecule has 1 atom stereocenters. The minimum Gasteiger partial charge on any atom is -0.329 e. The second kappa shape index (κ2) is 7.18. The highest BCUT2D eigenvalue weighted by atomic mass is 31.1. The zero-order valence-electron chi connectivity index (χ0n) is 5.92. The Morgan fingerprint density at radius 2 is 2.40 bits per heavy atom. The first-order valence-electron chi connectivity index (χ1n) is 3.07. The van der Waals surface area contributed by atoms with E-state index in [0.29, 0.717) is 19.7 Å². The number of hydrogen-bond acceptors (Lipinski definition) is 5. The first-order valence-corrected chi connectivity index (χ1v) is 4.30. The summed E-state index contributed by atoms with van der Waals surface area (Å²) in [5.41, 5.74) is 7.52. The van der Waals surface area contributed by atoms with Gasteiger partial charge in [0.1, 0.15) is 0 Å². The average molecular weight is 168 g/mol. The number of hydrogen-bond donors (Lipinski definition) is 2. The fourth-order valence-electron chi connectivity index (χ4n) is 0.316. The van der Waals surface area contributed by atoms with Crippen molar-refractivity contribution in [2.45, 2.75) is 6.92 Å². The lowest BCUT2D eigenvalue weighted by Crippen LogP contribution is -2.20. The van der Waals surface area contributed by atoms with Crippen LogP contribution in [0.3, 0.4) is 0 Å². The Kier molecular flexibility index (Phi) is 7.23. The van der Waals surface area contributed by atoms with Gasteiger partial charge in [-0.25, -0.2) is 4.62 Å². The molecule has 1 unspecified atom stereocenters. The van der Waals surface area contributed by atoms with Crippen LogP contribution in [0.2, 0.25) is 0 Å². The van der Waals surface area contributed by atoms with E-state index in [1.165, 1.54) is 0 Å². The monoisotopic (exact) mass is 168 g/mol. The van der Waals surface area contributed by atoms with Crippen LogP contribution in [-0.2, 0) is 13.7 Å². The Morgan fingerprint density at radius 3 is 2.90 bits per heavy atom. The van der Waals surface area contributed by atoms with Gasteiger partial charge >= 0.3 is 8.25 Å². The van der Waals surface area contributed by atoms with E-state index < -0.39 is 8.25 Å². The molecule has 62 valence electrons. The fraction of sp³-hybridized carbons (Fsp3) is 1.00. The molecule has 0 aliphatic rings. The van der Waals surface area contributed by atoms with Gasteiger partial charge in [-0.05, 0) is 6.92 Å². The molecule has 0 saturated carbocycles. The molecule has 0 amide bonds. The highest BCUT2D eigenvalue weighted by molar-refractivity contribution is 7.33. The summed E-state index contributed by atoms with van der Waals surface area (Å²) in [6.45, 7) is 3.06. The maximum absolute atomic E-state index is 10.6. The van der Waals surface area contributed by atoms with Gasteiger partial charge in [0.2, 0.25) is 0 Å². The molecular weight excluding hydrogens is 155 g/mol. The van der Waals surface area contributed by atoms with E-state index in [0.717, 1.165) is 0 Å². The van der Waals surface area contributed by atoms with E-state index in [4.69, 9.17) is 5.73 Å². The maximum atomic E-state index is 10.6. The molecule has 0 aliphatic heterocycles. The van der Waals surface area contributed by atoms with Gasteiger partial charge in [-0.2, -0.15) is 5.48 Å². The van der Waals surface area contributed by atoms with Crippen molar-refractivity contribution in [1.29, 1.82) is 0 Å². The van der Waals surface area contributed by atoms with Crippen LogP contribution in [0.4, 0.5) is 0 Å². The van der Waals surface area contributed by atoms with E-state index in [1.54, 1.807) is 6.92 Å². The summed E-state index contributed by atoms with van der Waals surface area (Å²) in [4.78, 5) is 0. The van der Waals surface area contributed by atoms with Gasteiger partial charge in [-0.3, -0.25) is 4.57 Å². The molecule has 5 nitrogen and oxygen atoms in total. The maximum Gasteiger partial charge on any atom is 0.335 e. The quantitative estimate of drug-likeness (QED) is 0.329. The van der Waals surface area contributed by atoms with Gasteiger partial charge < -0.3 is 10.3 Å². The molecule has 0 aliphatic carbocycles. The molecule has 0 rings (SSSR count). The minimum absolute atomic E-state index is 0.391. The van der Waals surface area contributed by atoms with Crippen LogP contribution < -0.4 is 11.2 Å². The van der Waals surface area contributed by atoms with Gasteiger partial charge in [-0.1, -0.05) is 0 Å². The Balaban J connectivity index is 3.05. The molecule has 0 radical (unpaired) electrons. The predicted molar refractivity (Wildman–Crippen MR) is 38.8 cm³/mol. The highest BCUT2D eigenvalue weighted by Crippen LogP contribution is 2.20. The Hall–Kier alpha value is 0.0700. The van der Waals surface area contributed by atoms with Crippen LogP contribution >= 0.6 is 8.25 Å². The Morgan fingerprint density at radius 1 is 1.70 bits per heavy atom. The van der Waals surface area contributed by atoms with Gasteiger partial charge in [0, 0.05) is 13.1 Å². The molecule has 10 heavy (non-hydrogen) atoms. The molecule has 0 bridgehead atoms. The fourth-order valence-corrected chi connectivity index (χ4v) is 0.831. The zero-order valence-corrected chi connectivity index (χ0v) is 6.92. The smallest absolute Gasteiger partial charge is 0.329 e.